The maximum absolute atomic E-state index is 13.9. The van der Waals surface area contributed by atoms with Crippen molar-refractivity contribution in [3.05, 3.63) is 105 Å². The Labute approximate surface area is 224 Å². The van der Waals surface area contributed by atoms with E-state index in [0.717, 1.165) is 27.8 Å². The van der Waals surface area contributed by atoms with Crippen molar-refractivity contribution < 1.29 is 9.59 Å². The summed E-state index contributed by atoms with van der Waals surface area (Å²) >= 11 is 12.4. The lowest BCUT2D eigenvalue weighted by Gasteiger charge is -2.34. The smallest absolute Gasteiger partial charge is 0.243 e. The minimum atomic E-state index is -0.709. The molecular weight excluding hydrogens is 491 g/mol. The molecule has 0 aliphatic carbocycles. The molecule has 1 N–H and O–H groups in total. The second kappa shape index (κ2) is 11.9. The molecule has 0 spiro atoms. The maximum atomic E-state index is 13.9. The van der Waals surface area contributed by atoms with E-state index >= 15 is 0 Å². The van der Waals surface area contributed by atoms with E-state index in [1.54, 1.807) is 17.0 Å². The molecule has 4 nitrogen and oxygen atoms in total. The van der Waals surface area contributed by atoms with Gasteiger partial charge in [-0.1, -0.05) is 88.9 Å². The number of hydrogen-bond acceptors (Lipinski definition) is 2. The fourth-order valence-electron chi connectivity index (χ4n) is 4.29. The Morgan fingerprint density at radius 3 is 2.06 bits per heavy atom. The summed E-state index contributed by atoms with van der Waals surface area (Å²) in [5.74, 6) is -0.323. The van der Waals surface area contributed by atoms with Gasteiger partial charge in [0.1, 0.15) is 6.04 Å². The van der Waals surface area contributed by atoms with E-state index in [0.29, 0.717) is 16.5 Å². The summed E-state index contributed by atoms with van der Waals surface area (Å²) in [5, 5.41) is 3.94. The van der Waals surface area contributed by atoms with Crippen LogP contribution in [0.2, 0.25) is 10.0 Å². The number of nitrogens with zero attached hydrogens (tertiary/aromatic N) is 1. The largest absolute Gasteiger partial charge is 0.350 e. The van der Waals surface area contributed by atoms with Gasteiger partial charge in [0.05, 0.1) is 16.5 Å². The first kappa shape index (κ1) is 27.8. The van der Waals surface area contributed by atoms with Crippen molar-refractivity contribution in [1.82, 2.24) is 10.2 Å². The lowest BCUT2D eigenvalue weighted by Crippen LogP contribution is -2.54. The summed E-state index contributed by atoms with van der Waals surface area (Å²) in [6.07, 6.45) is 0.584. The summed E-state index contributed by atoms with van der Waals surface area (Å²) in [4.78, 5) is 29.2. The van der Waals surface area contributed by atoms with Gasteiger partial charge in [-0.2, -0.15) is 0 Å². The van der Waals surface area contributed by atoms with E-state index in [1.165, 1.54) is 0 Å². The summed E-state index contributed by atoms with van der Waals surface area (Å²) in [5.41, 5.74) is 4.45. The van der Waals surface area contributed by atoms with Crippen LogP contribution in [0.25, 0.3) is 0 Å². The molecule has 0 saturated heterocycles. The molecule has 0 aromatic heterocycles. The first-order valence-corrected chi connectivity index (χ1v) is 12.8. The first-order chi connectivity index (χ1) is 16.9. The zero-order valence-electron chi connectivity index (χ0n) is 21.6. The zero-order chi connectivity index (χ0) is 26.5. The number of hydrogen-bond donors (Lipinski definition) is 1. The third-order valence-electron chi connectivity index (χ3n) is 5.74. The van der Waals surface area contributed by atoms with Crippen LogP contribution in [0.5, 0.6) is 0 Å². The number of halogens is 2. The van der Waals surface area contributed by atoms with Crippen molar-refractivity contribution >= 4 is 35.0 Å². The highest BCUT2D eigenvalue weighted by Crippen LogP contribution is 2.25. The molecule has 0 fully saturated rings. The SMILES string of the molecule is Cc1cc(C)cc(CC(=O)N(Cc2ccc(Cl)c(Cl)c2)C(Cc2ccccc2)C(=O)NC(C)(C)C)c1. The lowest BCUT2D eigenvalue weighted by molar-refractivity contribution is -0.141. The molecule has 0 aliphatic heterocycles. The van der Waals surface area contributed by atoms with Gasteiger partial charge in [0, 0.05) is 18.5 Å². The van der Waals surface area contributed by atoms with Crippen molar-refractivity contribution in [2.75, 3.05) is 0 Å². The molecule has 0 saturated carbocycles. The summed E-state index contributed by atoms with van der Waals surface area (Å²) < 4.78 is 0. The third-order valence-corrected chi connectivity index (χ3v) is 6.48. The van der Waals surface area contributed by atoms with Crippen LogP contribution < -0.4 is 5.32 Å². The minimum Gasteiger partial charge on any atom is -0.350 e. The Balaban J connectivity index is 2.03. The van der Waals surface area contributed by atoms with Crippen LogP contribution in [-0.2, 0) is 29.0 Å². The molecule has 3 aromatic carbocycles. The van der Waals surface area contributed by atoms with Gasteiger partial charge >= 0.3 is 0 Å². The van der Waals surface area contributed by atoms with Gasteiger partial charge in [-0.05, 0) is 63.4 Å². The van der Waals surface area contributed by atoms with Crippen LogP contribution in [-0.4, -0.2) is 28.3 Å². The second-order valence-electron chi connectivity index (χ2n) is 10.4. The number of carbonyl (C=O) groups excluding carboxylic acids is 2. The van der Waals surface area contributed by atoms with E-state index < -0.39 is 11.6 Å². The first-order valence-electron chi connectivity index (χ1n) is 12.1. The van der Waals surface area contributed by atoms with Gasteiger partial charge in [0.2, 0.25) is 11.8 Å². The van der Waals surface area contributed by atoms with E-state index in [4.69, 9.17) is 23.2 Å². The predicted molar refractivity (Wildman–Crippen MR) is 148 cm³/mol. The molecule has 3 rings (SSSR count). The van der Waals surface area contributed by atoms with Crippen LogP contribution in [0.4, 0.5) is 0 Å². The van der Waals surface area contributed by atoms with Gasteiger partial charge in [-0.25, -0.2) is 0 Å². The molecule has 1 atom stereocenters. The monoisotopic (exact) mass is 524 g/mol. The van der Waals surface area contributed by atoms with Crippen LogP contribution in [0.1, 0.15) is 48.6 Å². The van der Waals surface area contributed by atoms with Gasteiger partial charge in [0.15, 0.2) is 0 Å². The van der Waals surface area contributed by atoms with Gasteiger partial charge in [0.25, 0.3) is 0 Å². The fraction of sp³-hybridized carbons (Fsp3) is 0.333. The van der Waals surface area contributed by atoms with Gasteiger partial charge < -0.3 is 10.2 Å². The van der Waals surface area contributed by atoms with Crippen molar-refractivity contribution in [1.29, 1.82) is 0 Å². The predicted octanol–water partition coefficient (Wildman–Crippen LogP) is 6.71. The number of carbonyl (C=O) groups is 2. The quantitative estimate of drug-likeness (QED) is 0.356. The molecule has 0 aliphatic rings. The topological polar surface area (TPSA) is 49.4 Å². The molecule has 1 unspecified atom stereocenters. The third kappa shape index (κ3) is 8.11. The van der Waals surface area contributed by atoms with Crippen LogP contribution >= 0.6 is 23.2 Å². The average Bonchev–Trinajstić information content (AvgIpc) is 2.77. The highest BCUT2D eigenvalue weighted by Gasteiger charge is 2.32. The Bertz CT molecular complexity index is 1200. The molecule has 3 aromatic rings. The van der Waals surface area contributed by atoms with Crippen molar-refractivity contribution in [2.24, 2.45) is 0 Å². The number of nitrogens with one attached hydrogen (secondary N) is 1. The highest BCUT2D eigenvalue weighted by molar-refractivity contribution is 6.42. The zero-order valence-corrected chi connectivity index (χ0v) is 23.1. The van der Waals surface area contributed by atoms with Crippen molar-refractivity contribution in [3.63, 3.8) is 0 Å². The molecule has 190 valence electrons. The molecule has 0 radical (unpaired) electrons. The molecule has 0 bridgehead atoms. The van der Waals surface area contributed by atoms with E-state index in [1.807, 2.05) is 83.1 Å². The molecule has 36 heavy (non-hydrogen) atoms. The normalized spacial score (nSPS) is 12.2. The Morgan fingerprint density at radius 2 is 1.47 bits per heavy atom. The van der Waals surface area contributed by atoms with Gasteiger partial charge in [-0.15, -0.1) is 0 Å². The minimum absolute atomic E-state index is 0.129. The average molecular weight is 526 g/mol. The fourth-order valence-corrected chi connectivity index (χ4v) is 4.61. The van der Waals surface area contributed by atoms with Crippen LogP contribution in [0.3, 0.4) is 0 Å². The molecule has 6 heteroatoms. The van der Waals surface area contributed by atoms with Gasteiger partial charge in [-0.3, -0.25) is 9.59 Å². The second-order valence-corrected chi connectivity index (χ2v) is 11.2. The Morgan fingerprint density at radius 1 is 0.833 bits per heavy atom. The van der Waals surface area contributed by atoms with Crippen LogP contribution in [0, 0.1) is 13.8 Å². The molecule has 0 heterocycles. The van der Waals surface area contributed by atoms with Crippen molar-refractivity contribution in [2.45, 2.75) is 65.6 Å². The highest BCUT2D eigenvalue weighted by atomic mass is 35.5. The summed E-state index contributed by atoms with van der Waals surface area (Å²) in [6, 6.07) is 20.5. The number of aryl methyl sites for hydroxylation is 2. The summed E-state index contributed by atoms with van der Waals surface area (Å²) in [6.45, 7) is 10.1. The van der Waals surface area contributed by atoms with Crippen molar-refractivity contribution in [3.8, 4) is 0 Å². The lowest BCUT2D eigenvalue weighted by atomic mass is 9.99. The Hall–Kier alpha value is -2.82. The Kier molecular flexibility index (Phi) is 9.21. The number of amides is 2. The number of rotatable bonds is 8. The number of benzene rings is 3. The van der Waals surface area contributed by atoms with Crippen LogP contribution in [0.15, 0.2) is 66.7 Å². The maximum Gasteiger partial charge on any atom is 0.243 e. The van der Waals surface area contributed by atoms with E-state index in [-0.39, 0.29) is 24.8 Å². The van der Waals surface area contributed by atoms with E-state index in [9.17, 15) is 9.59 Å². The summed E-state index contributed by atoms with van der Waals surface area (Å²) in [7, 11) is 0. The standard InChI is InChI=1S/C30H34Cl2N2O2/c1-20-13-21(2)15-24(14-20)18-28(35)34(19-23-11-12-25(31)26(32)16-23)27(29(36)33-30(3,4)5)17-22-9-7-6-8-10-22/h6-16,27H,17-19H2,1-5H3,(H,33,36). The molecular formula is C30H34Cl2N2O2. The molecule has 2 amide bonds. The van der Waals surface area contributed by atoms with E-state index in [2.05, 4.69) is 11.4 Å².